The van der Waals surface area contributed by atoms with Gasteiger partial charge in [-0.15, -0.1) is 0 Å². The van der Waals surface area contributed by atoms with E-state index in [9.17, 15) is 0 Å². The molecule has 0 spiro atoms. The Morgan fingerprint density at radius 3 is 2.67 bits per heavy atom. The van der Waals surface area contributed by atoms with Gasteiger partial charge in [-0.05, 0) is 30.7 Å². The molecule has 0 radical (unpaired) electrons. The fourth-order valence-electron chi connectivity index (χ4n) is 1.52. The van der Waals surface area contributed by atoms with Crippen molar-refractivity contribution in [2.45, 2.75) is 13.5 Å². The van der Waals surface area contributed by atoms with E-state index in [1.165, 1.54) is 0 Å². The van der Waals surface area contributed by atoms with E-state index in [1.54, 1.807) is 6.07 Å². The van der Waals surface area contributed by atoms with Gasteiger partial charge in [0.25, 0.3) is 0 Å². The lowest BCUT2D eigenvalue weighted by Gasteiger charge is -2.06. The van der Waals surface area contributed by atoms with Crippen LogP contribution in [0.25, 0.3) is 0 Å². The molecule has 0 bridgehead atoms. The van der Waals surface area contributed by atoms with E-state index in [0.29, 0.717) is 18.2 Å². The second-order valence-electron chi connectivity index (χ2n) is 3.93. The molecule has 2 aromatic rings. The lowest BCUT2D eigenvalue weighted by Crippen LogP contribution is -2.05. The Labute approximate surface area is 105 Å². The van der Waals surface area contributed by atoms with Gasteiger partial charge >= 0.3 is 0 Å². The molecular weight excluding hydrogens is 226 g/mol. The predicted octanol–water partition coefficient (Wildman–Crippen LogP) is 1.85. The first-order chi connectivity index (χ1) is 8.67. The molecule has 18 heavy (non-hydrogen) atoms. The summed E-state index contributed by atoms with van der Waals surface area (Å²) in [6.45, 7) is 2.42. The molecule has 1 aromatic heterocycles. The van der Waals surface area contributed by atoms with Crippen molar-refractivity contribution in [1.29, 1.82) is 5.26 Å². The van der Waals surface area contributed by atoms with E-state index in [2.05, 4.69) is 15.3 Å². The van der Waals surface area contributed by atoms with Crippen molar-refractivity contribution in [2.24, 2.45) is 0 Å². The number of hydrogen-bond acceptors (Lipinski definition) is 5. The molecule has 5 nitrogen and oxygen atoms in total. The van der Waals surface area contributed by atoms with E-state index < -0.39 is 0 Å². The first-order valence-corrected chi connectivity index (χ1v) is 5.51. The van der Waals surface area contributed by atoms with Crippen molar-refractivity contribution in [2.75, 3.05) is 11.1 Å². The maximum Gasteiger partial charge on any atom is 0.224 e. The summed E-state index contributed by atoms with van der Waals surface area (Å²) in [5, 5.41) is 11.9. The van der Waals surface area contributed by atoms with Crippen molar-refractivity contribution in [1.82, 2.24) is 9.97 Å². The third-order valence-electron chi connectivity index (χ3n) is 2.40. The minimum absolute atomic E-state index is 0.363. The summed E-state index contributed by atoms with van der Waals surface area (Å²) in [6, 6.07) is 11.2. The Hall–Kier alpha value is -2.61. The Balaban J connectivity index is 2.08. The molecular formula is C13H13N5. The van der Waals surface area contributed by atoms with Gasteiger partial charge in [0, 0.05) is 17.9 Å². The number of nitrogens with two attached hydrogens (primary N) is 1. The molecule has 0 aliphatic heterocycles. The summed E-state index contributed by atoms with van der Waals surface area (Å²) >= 11 is 0. The van der Waals surface area contributed by atoms with E-state index in [1.807, 2.05) is 37.3 Å². The molecule has 0 unspecified atom stereocenters. The number of nitrogen functional groups attached to an aromatic ring is 1. The maximum atomic E-state index is 8.82. The highest BCUT2D eigenvalue weighted by molar-refractivity contribution is 5.40. The number of aromatic nitrogens is 2. The Kier molecular flexibility index (Phi) is 3.39. The number of rotatable bonds is 3. The standard InChI is InChI=1S/C13H13N5/c1-9-6-12(7-14)18-13(17-9)16-8-10-2-4-11(15)5-3-10/h2-6H,8,15H2,1H3,(H,16,17,18). The zero-order chi connectivity index (χ0) is 13.0. The van der Waals surface area contributed by atoms with Crippen LogP contribution in [-0.2, 0) is 6.54 Å². The first kappa shape index (κ1) is 11.9. The highest BCUT2D eigenvalue weighted by Crippen LogP contribution is 2.08. The van der Waals surface area contributed by atoms with E-state index >= 15 is 0 Å². The molecule has 3 N–H and O–H groups in total. The molecule has 0 aliphatic rings. The molecule has 0 aliphatic carbocycles. The summed E-state index contributed by atoms with van der Waals surface area (Å²) in [5.74, 6) is 0.461. The number of aryl methyl sites for hydroxylation is 1. The van der Waals surface area contributed by atoms with Crippen molar-refractivity contribution in [3.8, 4) is 6.07 Å². The number of nitrogens with zero attached hydrogens (tertiary/aromatic N) is 3. The van der Waals surface area contributed by atoms with Gasteiger partial charge in [0.2, 0.25) is 5.95 Å². The van der Waals surface area contributed by atoms with Gasteiger partial charge in [-0.3, -0.25) is 0 Å². The SMILES string of the molecule is Cc1cc(C#N)nc(NCc2ccc(N)cc2)n1. The number of benzene rings is 1. The van der Waals surface area contributed by atoms with Gasteiger partial charge in [0.05, 0.1) is 0 Å². The largest absolute Gasteiger partial charge is 0.399 e. The Morgan fingerprint density at radius 1 is 1.28 bits per heavy atom. The van der Waals surface area contributed by atoms with Crippen molar-refractivity contribution in [3.05, 3.63) is 47.3 Å². The molecule has 1 aromatic carbocycles. The van der Waals surface area contributed by atoms with E-state index in [-0.39, 0.29) is 0 Å². The van der Waals surface area contributed by atoms with Crippen LogP contribution in [0, 0.1) is 18.3 Å². The molecule has 1 heterocycles. The van der Waals surface area contributed by atoms with Gasteiger partial charge in [0.15, 0.2) is 0 Å². The van der Waals surface area contributed by atoms with Crippen molar-refractivity contribution in [3.63, 3.8) is 0 Å². The maximum absolute atomic E-state index is 8.82. The zero-order valence-corrected chi connectivity index (χ0v) is 10.0. The third kappa shape index (κ3) is 2.95. The van der Waals surface area contributed by atoms with E-state index in [4.69, 9.17) is 11.0 Å². The van der Waals surface area contributed by atoms with Gasteiger partial charge in [-0.1, -0.05) is 12.1 Å². The normalized spacial score (nSPS) is 9.78. The molecule has 90 valence electrons. The lowest BCUT2D eigenvalue weighted by atomic mass is 10.2. The Morgan fingerprint density at radius 2 is 2.00 bits per heavy atom. The molecule has 0 saturated heterocycles. The minimum Gasteiger partial charge on any atom is -0.399 e. The molecule has 0 saturated carbocycles. The number of nitrogens with one attached hydrogen (secondary N) is 1. The fourth-order valence-corrected chi connectivity index (χ4v) is 1.52. The van der Waals surface area contributed by atoms with Crippen LogP contribution < -0.4 is 11.1 Å². The van der Waals surface area contributed by atoms with Gasteiger partial charge in [0.1, 0.15) is 11.8 Å². The third-order valence-corrected chi connectivity index (χ3v) is 2.40. The molecule has 5 heteroatoms. The van der Waals surface area contributed by atoms with E-state index in [0.717, 1.165) is 16.9 Å². The van der Waals surface area contributed by atoms with Gasteiger partial charge in [-0.25, -0.2) is 9.97 Å². The highest BCUT2D eigenvalue weighted by atomic mass is 15.1. The fraction of sp³-hybridized carbons (Fsp3) is 0.154. The summed E-state index contributed by atoms with van der Waals surface area (Å²) in [6.07, 6.45) is 0. The van der Waals surface area contributed by atoms with Crippen LogP contribution in [0.1, 0.15) is 17.0 Å². The second kappa shape index (κ2) is 5.15. The molecule has 0 fully saturated rings. The van der Waals surface area contributed by atoms with Crippen LogP contribution >= 0.6 is 0 Å². The average Bonchev–Trinajstić information content (AvgIpc) is 2.37. The topological polar surface area (TPSA) is 87.6 Å². The summed E-state index contributed by atoms with van der Waals surface area (Å²) in [7, 11) is 0. The van der Waals surface area contributed by atoms with Gasteiger partial charge < -0.3 is 11.1 Å². The summed E-state index contributed by atoms with van der Waals surface area (Å²) < 4.78 is 0. The zero-order valence-electron chi connectivity index (χ0n) is 10.0. The predicted molar refractivity (Wildman–Crippen MR) is 69.7 cm³/mol. The minimum atomic E-state index is 0.363. The molecule has 0 atom stereocenters. The van der Waals surface area contributed by atoms with Crippen molar-refractivity contribution < 1.29 is 0 Å². The molecule has 0 amide bonds. The first-order valence-electron chi connectivity index (χ1n) is 5.51. The average molecular weight is 239 g/mol. The monoisotopic (exact) mass is 239 g/mol. The van der Waals surface area contributed by atoms with Crippen LogP contribution in [-0.4, -0.2) is 9.97 Å². The number of anilines is 2. The van der Waals surface area contributed by atoms with Crippen LogP contribution in [0.2, 0.25) is 0 Å². The van der Waals surface area contributed by atoms with Gasteiger partial charge in [-0.2, -0.15) is 5.26 Å². The highest BCUT2D eigenvalue weighted by Gasteiger charge is 2.01. The van der Waals surface area contributed by atoms with Crippen LogP contribution in [0.15, 0.2) is 30.3 Å². The summed E-state index contributed by atoms with van der Waals surface area (Å²) in [4.78, 5) is 8.29. The quantitative estimate of drug-likeness (QED) is 0.798. The van der Waals surface area contributed by atoms with Crippen LogP contribution in [0.5, 0.6) is 0 Å². The lowest BCUT2D eigenvalue weighted by molar-refractivity contribution is 1.02. The Bertz CT molecular complexity index is 583. The van der Waals surface area contributed by atoms with Crippen molar-refractivity contribution >= 4 is 11.6 Å². The second-order valence-corrected chi connectivity index (χ2v) is 3.93. The molecule has 2 rings (SSSR count). The number of nitriles is 1. The van der Waals surface area contributed by atoms with Crippen LogP contribution in [0.4, 0.5) is 11.6 Å². The summed E-state index contributed by atoms with van der Waals surface area (Å²) in [5.41, 5.74) is 8.55. The smallest absolute Gasteiger partial charge is 0.224 e. The number of hydrogen-bond donors (Lipinski definition) is 2. The van der Waals surface area contributed by atoms with Crippen LogP contribution in [0.3, 0.4) is 0 Å².